The van der Waals surface area contributed by atoms with Crippen LogP contribution in [-0.2, 0) is 14.3 Å². The van der Waals surface area contributed by atoms with Gasteiger partial charge in [-0.25, -0.2) is 4.79 Å². The number of benzene rings is 1. The second kappa shape index (κ2) is 7.94. The fourth-order valence-corrected chi connectivity index (χ4v) is 3.21. The molecule has 0 saturated heterocycles. The average molecular weight is 393 g/mol. The number of H-pyrrole nitrogens is 1. The molecule has 0 amide bonds. The molecule has 1 aliphatic rings. The quantitative estimate of drug-likeness (QED) is 0.589. The third-order valence-corrected chi connectivity index (χ3v) is 4.55. The molecule has 0 fully saturated rings. The molecule has 29 heavy (non-hydrogen) atoms. The summed E-state index contributed by atoms with van der Waals surface area (Å²) >= 11 is 0. The van der Waals surface area contributed by atoms with Gasteiger partial charge >= 0.3 is 5.97 Å². The van der Waals surface area contributed by atoms with Crippen LogP contribution in [0.1, 0.15) is 18.4 Å². The van der Waals surface area contributed by atoms with Gasteiger partial charge in [-0.3, -0.25) is 4.79 Å². The van der Waals surface area contributed by atoms with Crippen LogP contribution >= 0.6 is 0 Å². The van der Waals surface area contributed by atoms with Crippen molar-refractivity contribution < 1.29 is 19.0 Å². The largest absolute Gasteiger partial charge is 0.497 e. The number of hydrogen-bond acceptors (Lipinski definition) is 7. The molecule has 2 aromatic rings. The number of ether oxygens (including phenoxy) is 3. The Kier molecular flexibility index (Phi) is 5.41. The Labute approximate surface area is 166 Å². The van der Waals surface area contributed by atoms with Gasteiger partial charge in [0.2, 0.25) is 5.88 Å². The number of esters is 1. The molecule has 0 bridgehead atoms. The van der Waals surface area contributed by atoms with E-state index in [2.05, 4.69) is 11.6 Å². The number of nitriles is 1. The van der Waals surface area contributed by atoms with Crippen LogP contribution < -0.4 is 16.0 Å². The minimum atomic E-state index is -1.04. The second-order valence-corrected chi connectivity index (χ2v) is 6.29. The lowest BCUT2D eigenvalue weighted by Gasteiger charge is -2.26. The number of aromatic amines is 1. The van der Waals surface area contributed by atoms with E-state index in [1.807, 2.05) is 6.07 Å². The minimum absolute atomic E-state index is 0.0327. The Hall–Kier alpha value is -3.99. The standard InChI is InChI=1S/C21H19N3O5/c1-4-7-28-21(26)17-11(2)29-19(23)15(10-22)18(17)14-9-12-8-13(27-3)5-6-16(12)24-20(14)25/h4-6,8-9,18H,1,7,23H2,2-3H3,(H,24,25)/t18-/m0/s1. The zero-order chi connectivity index (χ0) is 21.1. The van der Waals surface area contributed by atoms with Gasteiger partial charge in [-0.15, -0.1) is 0 Å². The van der Waals surface area contributed by atoms with Crippen molar-refractivity contribution in [2.24, 2.45) is 5.73 Å². The summed E-state index contributed by atoms with van der Waals surface area (Å²) in [7, 11) is 1.53. The molecule has 1 aromatic heterocycles. The molecule has 0 spiro atoms. The summed E-state index contributed by atoms with van der Waals surface area (Å²) in [6, 6.07) is 8.71. The molecular weight excluding hydrogens is 374 g/mol. The van der Waals surface area contributed by atoms with Crippen molar-refractivity contribution in [2.45, 2.75) is 12.8 Å². The molecule has 0 radical (unpaired) electrons. The van der Waals surface area contributed by atoms with Crippen molar-refractivity contribution in [1.82, 2.24) is 4.98 Å². The van der Waals surface area contributed by atoms with Crippen LogP contribution in [0.4, 0.5) is 0 Å². The van der Waals surface area contributed by atoms with Gasteiger partial charge in [-0.2, -0.15) is 5.26 Å². The molecule has 148 valence electrons. The first-order chi connectivity index (χ1) is 13.9. The first-order valence-electron chi connectivity index (χ1n) is 8.68. The third kappa shape index (κ3) is 3.58. The molecule has 2 heterocycles. The van der Waals surface area contributed by atoms with E-state index in [1.54, 1.807) is 24.3 Å². The predicted octanol–water partition coefficient (Wildman–Crippen LogP) is 2.35. The van der Waals surface area contributed by atoms with Crippen LogP contribution in [0.3, 0.4) is 0 Å². The number of pyridine rings is 1. The summed E-state index contributed by atoms with van der Waals surface area (Å²) in [5, 5.41) is 10.3. The highest BCUT2D eigenvalue weighted by Crippen LogP contribution is 2.39. The first-order valence-corrected chi connectivity index (χ1v) is 8.68. The van der Waals surface area contributed by atoms with E-state index < -0.39 is 17.4 Å². The van der Waals surface area contributed by atoms with E-state index in [1.165, 1.54) is 20.1 Å². The first kappa shape index (κ1) is 19.8. The SMILES string of the molecule is C=CCOC(=O)C1=C(C)OC(N)=C(C#N)[C@@H]1c1cc2cc(OC)ccc2[nH]c1=O. The number of allylic oxidation sites excluding steroid dienone is 2. The molecule has 0 aliphatic carbocycles. The van der Waals surface area contributed by atoms with E-state index in [9.17, 15) is 14.9 Å². The number of methoxy groups -OCH3 is 1. The Balaban J connectivity index is 2.25. The lowest BCUT2D eigenvalue weighted by molar-refractivity contribution is -0.138. The molecule has 3 rings (SSSR count). The Bertz CT molecular complexity index is 1170. The van der Waals surface area contributed by atoms with Gasteiger partial charge in [0.05, 0.1) is 18.6 Å². The second-order valence-electron chi connectivity index (χ2n) is 6.29. The van der Waals surface area contributed by atoms with Gasteiger partial charge < -0.3 is 24.9 Å². The van der Waals surface area contributed by atoms with Crippen molar-refractivity contribution >= 4 is 16.9 Å². The molecule has 1 aliphatic heterocycles. The monoisotopic (exact) mass is 393 g/mol. The molecule has 8 heteroatoms. The van der Waals surface area contributed by atoms with E-state index >= 15 is 0 Å². The number of nitrogens with two attached hydrogens (primary N) is 1. The number of fused-ring (bicyclic) bond motifs is 1. The van der Waals surface area contributed by atoms with E-state index in [4.69, 9.17) is 19.9 Å². The van der Waals surface area contributed by atoms with Crippen molar-refractivity contribution in [3.63, 3.8) is 0 Å². The predicted molar refractivity (Wildman–Crippen MR) is 106 cm³/mol. The Morgan fingerprint density at radius 1 is 1.45 bits per heavy atom. The van der Waals surface area contributed by atoms with E-state index in [0.717, 1.165) is 0 Å². The van der Waals surface area contributed by atoms with Crippen molar-refractivity contribution in [2.75, 3.05) is 13.7 Å². The van der Waals surface area contributed by atoms with Crippen LogP contribution in [0.5, 0.6) is 5.75 Å². The highest BCUT2D eigenvalue weighted by atomic mass is 16.5. The normalized spacial score (nSPS) is 16.2. The average Bonchev–Trinajstić information content (AvgIpc) is 2.70. The molecular formula is C21H19N3O5. The summed E-state index contributed by atoms with van der Waals surface area (Å²) in [5.41, 5.74) is 6.15. The molecule has 1 aromatic carbocycles. The van der Waals surface area contributed by atoms with Crippen molar-refractivity contribution in [3.8, 4) is 11.8 Å². The van der Waals surface area contributed by atoms with Crippen molar-refractivity contribution in [3.05, 3.63) is 75.6 Å². The zero-order valence-corrected chi connectivity index (χ0v) is 15.9. The molecule has 1 atom stereocenters. The summed E-state index contributed by atoms with van der Waals surface area (Å²) in [4.78, 5) is 28.3. The number of nitrogens with zero attached hydrogens (tertiary/aromatic N) is 1. The van der Waals surface area contributed by atoms with Crippen LogP contribution in [0.15, 0.2) is 64.5 Å². The van der Waals surface area contributed by atoms with Crippen LogP contribution in [0, 0.1) is 11.3 Å². The molecule has 0 saturated carbocycles. The highest BCUT2D eigenvalue weighted by Gasteiger charge is 2.37. The summed E-state index contributed by atoms with van der Waals surface area (Å²) in [6.45, 7) is 5.00. The van der Waals surface area contributed by atoms with Gasteiger partial charge in [-0.1, -0.05) is 12.7 Å². The smallest absolute Gasteiger partial charge is 0.338 e. The van der Waals surface area contributed by atoms with Gasteiger partial charge in [0.15, 0.2) is 0 Å². The van der Waals surface area contributed by atoms with Crippen LogP contribution in [0.2, 0.25) is 0 Å². The number of hydrogen-bond donors (Lipinski definition) is 2. The third-order valence-electron chi connectivity index (χ3n) is 4.55. The number of aromatic nitrogens is 1. The van der Waals surface area contributed by atoms with Gasteiger partial charge in [0, 0.05) is 16.5 Å². The fourth-order valence-electron chi connectivity index (χ4n) is 3.21. The maximum atomic E-state index is 12.9. The van der Waals surface area contributed by atoms with E-state index in [-0.39, 0.29) is 35.0 Å². The van der Waals surface area contributed by atoms with E-state index in [0.29, 0.717) is 16.7 Å². The lowest BCUT2D eigenvalue weighted by atomic mass is 9.83. The highest BCUT2D eigenvalue weighted by molar-refractivity contribution is 5.93. The summed E-state index contributed by atoms with van der Waals surface area (Å²) in [5.74, 6) is -1.18. The Morgan fingerprint density at radius 3 is 2.86 bits per heavy atom. The number of nitrogens with one attached hydrogen (secondary N) is 1. The van der Waals surface area contributed by atoms with Crippen LogP contribution in [0.25, 0.3) is 10.9 Å². The number of carbonyl (C=O) groups is 1. The molecule has 8 nitrogen and oxygen atoms in total. The van der Waals surface area contributed by atoms with Crippen molar-refractivity contribution in [1.29, 1.82) is 5.26 Å². The molecule has 3 N–H and O–H groups in total. The summed E-state index contributed by atoms with van der Waals surface area (Å²) < 4.78 is 15.8. The topological polar surface area (TPSA) is 127 Å². The number of rotatable bonds is 5. The Morgan fingerprint density at radius 2 is 2.21 bits per heavy atom. The maximum Gasteiger partial charge on any atom is 0.338 e. The van der Waals surface area contributed by atoms with Crippen LogP contribution in [-0.4, -0.2) is 24.7 Å². The molecule has 0 unspecified atom stereocenters. The minimum Gasteiger partial charge on any atom is -0.497 e. The zero-order valence-electron chi connectivity index (χ0n) is 15.9. The maximum absolute atomic E-state index is 12.9. The summed E-state index contributed by atoms with van der Waals surface area (Å²) in [6.07, 6.45) is 1.41. The van der Waals surface area contributed by atoms with Gasteiger partial charge in [0.1, 0.15) is 29.8 Å². The van der Waals surface area contributed by atoms with Gasteiger partial charge in [0.25, 0.3) is 5.56 Å². The number of carbonyl (C=O) groups excluding carboxylic acids is 1. The fraction of sp³-hybridized carbons (Fsp3) is 0.190. The lowest BCUT2D eigenvalue weighted by Crippen LogP contribution is -2.29. The van der Waals surface area contributed by atoms with Gasteiger partial charge in [-0.05, 0) is 31.2 Å².